The minimum atomic E-state index is -0.0109. The van der Waals surface area contributed by atoms with Gasteiger partial charge in [-0.2, -0.15) is 0 Å². The van der Waals surface area contributed by atoms with E-state index in [4.69, 9.17) is 10.5 Å². The normalized spacial score (nSPS) is 25.4. The maximum absolute atomic E-state index is 11.4. The zero-order valence-corrected chi connectivity index (χ0v) is 10.2. The van der Waals surface area contributed by atoms with Crippen molar-refractivity contribution in [2.75, 3.05) is 19.7 Å². The van der Waals surface area contributed by atoms with Crippen molar-refractivity contribution in [2.24, 2.45) is 11.7 Å². The Morgan fingerprint density at radius 2 is 2.19 bits per heavy atom. The average Bonchev–Trinajstić information content (AvgIpc) is 2.34. The lowest BCUT2D eigenvalue weighted by molar-refractivity contribution is -0.129. The average molecular weight is 228 g/mol. The molecule has 1 saturated carbocycles. The molecule has 0 spiro atoms. The second-order valence-electron chi connectivity index (χ2n) is 4.48. The Hall–Kier alpha value is -0.610. The van der Waals surface area contributed by atoms with Crippen LogP contribution in [0.1, 0.15) is 39.0 Å². The van der Waals surface area contributed by atoms with Gasteiger partial charge in [0.25, 0.3) is 0 Å². The van der Waals surface area contributed by atoms with Gasteiger partial charge in [0.1, 0.15) is 6.61 Å². The summed E-state index contributed by atoms with van der Waals surface area (Å²) in [5, 5.41) is 2.81. The molecule has 4 nitrogen and oxygen atoms in total. The van der Waals surface area contributed by atoms with Crippen molar-refractivity contribution in [3.8, 4) is 0 Å². The molecule has 0 radical (unpaired) electrons. The van der Waals surface area contributed by atoms with Crippen molar-refractivity contribution in [3.63, 3.8) is 0 Å². The first-order valence-corrected chi connectivity index (χ1v) is 6.36. The van der Waals surface area contributed by atoms with Crippen LogP contribution in [0.15, 0.2) is 0 Å². The van der Waals surface area contributed by atoms with Crippen molar-refractivity contribution >= 4 is 5.91 Å². The Labute approximate surface area is 97.9 Å². The number of rotatable bonds is 6. The van der Waals surface area contributed by atoms with Crippen molar-refractivity contribution in [1.29, 1.82) is 0 Å². The monoisotopic (exact) mass is 228 g/mol. The third kappa shape index (κ3) is 4.49. The number of ether oxygens (including phenoxy) is 1. The summed E-state index contributed by atoms with van der Waals surface area (Å²) in [5.74, 6) is 0.427. The Bertz CT molecular complexity index is 209. The number of amides is 1. The first-order valence-electron chi connectivity index (χ1n) is 6.36. The molecule has 16 heavy (non-hydrogen) atoms. The molecule has 1 rings (SSSR count). The van der Waals surface area contributed by atoms with Crippen LogP contribution in [0.25, 0.3) is 0 Å². The van der Waals surface area contributed by atoms with E-state index in [0.717, 1.165) is 25.8 Å². The minimum absolute atomic E-state index is 0.0109. The molecule has 94 valence electrons. The predicted molar refractivity (Wildman–Crippen MR) is 64.1 cm³/mol. The molecule has 0 saturated heterocycles. The number of nitrogens with two attached hydrogens (primary N) is 1. The summed E-state index contributed by atoms with van der Waals surface area (Å²) in [7, 11) is 0. The van der Waals surface area contributed by atoms with Gasteiger partial charge >= 0.3 is 0 Å². The second-order valence-corrected chi connectivity index (χ2v) is 4.48. The lowest BCUT2D eigenvalue weighted by Crippen LogP contribution is -2.37. The Morgan fingerprint density at radius 1 is 1.44 bits per heavy atom. The summed E-state index contributed by atoms with van der Waals surface area (Å²) in [6, 6.07) is 0. The topological polar surface area (TPSA) is 64.3 Å². The van der Waals surface area contributed by atoms with Crippen LogP contribution >= 0.6 is 0 Å². The van der Waals surface area contributed by atoms with Gasteiger partial charge in [-0.25, -0.2) is 0 Å². The number of nitrogens with one attached hydrogen (secondary N) is 1. The molecule has 0 aliphatic heterocycles. The van der Waals surface area contributed by atoms with E-state index in [1.807, 2.05) is 6.92 Å². The van der Waals surface area contributed by atoms with Gasteiger partial charge in [-0.05, 0) is 31.7 Å². The van der Waals surface area contributed by atoms with Gasteiger partial charge < -0.3 is 15.8 Å². The highest BCUT2D eigenvalue weighted by Crippen LogP contribution is 2.25. The highest BCUT2D eigenvalue weighted by atomic mass is 16.5. The SMILES string of the molecule is CCCNC(=O)COC1CCCCC1CN. The summed E-state index contributed by atoms with van der Waals surface area (Å²) < 4.78 is 5.65. The van der Waals surface area contributed by atoms with Gasteiger partial charge in [0.2, 0.25) is 5.91 Å². The zero-order chi connectivity index (χ0) is 11.8. The molecule has 4 heteroatoms. The summed E-state index contributed by atoms with van der Waals surface area (Å²) in [4.78, 5) is 11.4. The summed E-state index contributed by atoms with van der Waals surface area (Å²) in [5.41, 5.74) is 5.70. The molecule has 0 aromatic rings. The van der Waals surface area contributed by atoms with Gasteiger partial charge in [-0.1, -0.05) is 19.8 Å². The summed E-state index contributed by atoms with van der Waals surface area (Å²) in [6.45, 7) is 3.61. The smallest absolute Gasteiger partial charge is 0.246 e. The number of carbonyl (C=O) groups is 1. The molecular formula is C12H24N2O2. The van der Waals surface area contributed by atoms with E-state index in [1.165, 1.54) is 12.8 Å². The van der Waals surface area contributed by atoms with Crippen molar-refractivity contribution < 1.29 is 9.53 Å². The second kappa shape index (κ2) is 7.63. The maximum atomic E-state index is 11.4. The molecule has 1 aliphatic carbocycles. The third-order valence-corrected chi connectivity index (χ3v) is 3.14. The molecule has 1 fully saturated rings. The highest BCUT2D eigenvalue weighted by Gasteiger charge is 2.24. The van der Waals surface area contributed by atoms with E-state index < -0.39 is 0 Å². The van der Waals surface area contributed by atoms with Crippen molar-refractivity contribution in [3.05, 3.63) is 0 Å². The largest absolute Gasteiger partial charge is 0.368 e. The first kappa shape index (κ1) is 13.5. The van der Waals surface area contributed by atoms with E-state index >= 15 is 0 Å². The van der Waals surface area contributed by atoms with E-state index in [1.54, 1.807) is 0 Å². The van der Waals surface area contributed by atoms with Crippen LogP contribution in [-0.2, 0) is 9.53 Å². The molecule has 1 aliphatic rings. The third-order valence-electron chi connectivity index (χ3n) is 3.14. The van der Waals surface area contributed by atoms with Gasteiger partial charge in [0.15, 0.2) is 0 Å². The van der Waals surface area contributed by atoms with Gasteiger partial charge in [-0.3, -0.25) is 4.79 Å². The van der Waals surface area contributed by atoms with Crippen LogP contribution in [0.3, 0.4) is 0 Å². The molecule has 2 unspecified atom stereocenters. The first-order chi connectivity index (χ1) is 7.77. The fraction of sp³-hybridized carbons (Fsp3) is 0.917. The molecule has 3 N–H and O–H groups in total. The minimum Gasteiger partial charge on any atom is -0.368 e. The standard InChI is InChI=1S/C12H24N2O2/c1-2-7-14-12(15)9-16-11-6-4-3-5-10(11)8-13/h10-11H,2-9,13H2,1H3,(H,14,15). The molecule has 2 atom stereocenters. The van der Waals surface area contributed by atoms with E-state index in [-0.39, 0.29) is 18.6 Å². The number of hydrogen-bond donors (Lipinski definition) is 2. The van der Waals surface area contributed by atoms with Crippen molar-refractivity contribution in [2.45, 2.75) is 45.1 Å². The van der Waals surface area contributed by atoms with Gasteiger partial charge in [0, 0.05) is 6.54 Å². The number of carbonyl (C=O) groups excluding carboxylic acids is 1. The Balaban J connectivity index is 2.21. The van der Waals surface area contributed by atoms with Crippen LogP contribution in [0, 0.1) is 5.92 Å². The van der Waals surface area contributed by atoms with Crippen LogP contribution < -0.4 is 11.1 Å². The molecule has 0 heterocycles. The fourth-order valence-corrected chi connectivity index (χ4v) is 2.16. The zero-order valence-electron chi connectivity index (χ0n) is 10.2. The molecule has 1 amide bonds. The van der Waals surface area contributed by atoms with E-state index in [9.17, 15) is 4.79 Å². The molecule has 0 aromatic heterocycles. The predicted octanol–water partition coefficient (Wildman–Crippen LogP) is 1.05. The maximum Gasteiger partial charge on any atom is 0.246 e. The van der Waals surface area contributed by atoms with Crippen LogP contribution in [0.5, 0.6) is 0 Å². The van der Waals surface area contributed by atoms with E-state index in [2.05, 4.69) is 5.32 Å². The summed E-state index contributed by atoms with van der Waals surface area (Å²) >= 11 is 0. The quantitative estimate of drug-likeness (QED) is 0.714. The Kier molecular flexibility index (Phi) is 6.42. The van der Waals surface area contributed by atoms with Crippen LogP contribution in [0.4, 0.5) is 0 Å². The van der Waals surface area contributed by atoms with Crippen LogP contribution in [-0.4, -0.2) is 31.7 Å². The molecule has 0 bridgehead atoms. The number of hydrogen-bond acceptors (Lipinski definition) is 3. The highest BCUT2D eigenvalue weighted by molar-refractivity contribution is 5.77. The lowest BCUT2D eigenvalue weighted by Gasteiger charge is -2.30. The lowest BCUT2D eigenvalue weighted by atomic mass is 9.86. The molecular weight excluding hydrogens is 204 g/mol. The van der Waals surface area contributed by atoms with Gasteiger partial charge in [0.05, 0.1) is 6.10 Å². The van der Waals surface area contributed by atoms with E-state index in [0.29, 0.717) is 12.5 Å². The summed E-state index contributed by atoms with van der Waals surface area (Å²) in [6.07, 6.45) is 5.76. The molecule has 0 aromatic carbocycles. The van der Waals surface area contributed by atoms with Crippen molar-refractivity contribution in [1.82, 2.24) is 5.32 Å². The van der Waals surface area contributed by atoms with Gasteiger partial charge in [-0.15, -0.1) is 0 Å². The van der Waals surface area contributed by atoms with Crippen LogP contribution in [0.2, 0.25) is 0 Å². The fourth-order valence-electron chi connectivity index (χ4n) is 2.16. The Morgan fingerprint density at radius 3 is 2.88 bits per heavy atom.